The first-order chi connectivity index (χ1) is 13.1. The molecule has 6 nitrogen and oxygen atoms in total. The Hall–Kier alpha value is -2.86. The molecule has 1 N–H and O–H groups in total. The zero-order valence-electron chi connectivity index (χ0n) is 16.2. The van der Waals surface area contributed by atoms with Crippen molar-refractivity contribution in [2.24, 2.45) is 5.10 Å². The predicted octanol–water partition coefficient (Wildman–Crippen LogP) is 3.33. The van der Waals surface area contributed by atoms with Crippen LogP contribution in [-0.4, -0.2) is 36.6 Å². The summed E-state index contributed by atoms with van der Waals surface area (Å²) < 4.78 is 6.63. The summed E-state index contributed by atoms with van der Waals surface area (Å²) in [5.74, 6) is 0.931. The number of fused-ring (bicyclic) bond motifs is 3. The van der Waals surface area contributed by atoms with Gasteiger partial charge in [-0.2, -0.15) is 5.10 Å². The molecule has 142 valence electrons. The Bertz CT molecular complexity index is 853. The van der Waals surface area contributed by atoms with E-state index in [0.717, 1.165) is 41.4 Å². The van der Waals surface area contributed by atoms with Gasteiger partial charge in [-0.25, -0.2) is 0 Å². The molecular formula is C21H26N4O2. The highest BCUT2D eigenvalue weighted by atomic mass is 16.5. The van der Waals surface area contributed by atoms with Crippen LogP contribution in [0.4, 0.5) is 5.69 Å². The summed E-state index contributed by atoms with van der Waals surface area (Å²) in [4.78, 5) is 14.0. The highest BCUT2D eigenvalue weighted by Gasteiger charge is 2.32. The van der Waals surface area contributed by atoms with Gasteiger partial charge in [0.25, 0.3) is 0 Å². The van der Waals surface area contributed by atoms with Gasteiger partial charge in [0.2, 0.25) is 0 Å². The lowest BCUT2D eigenvalue weighted by molar-refractivity contribution is -0.109. The zero-order chi connectivity index (χ0) is 19.4. The van der Waals surface area contributed by atoms with Crippen molar-refractivity contribution in [2.45, 2.75) is 33.0 Å². The van der Waals surface area contributed by atoms with Gasteiger partial charge in [0.05, 0.1) is 11.4 Å². The first kappa shape index (κ1) is 18.9. The Morgan fingerprint density at radius 1 is 1.30 bits per heavy atom. The second-order valence-electron chi connectivity index (χ2n) is 6.46. The fourth-order valence-corrected chi connectivity index (χ4v) is 3.43. The third-order valence-corrected chi connectivity index (χ3v) is 4.77. The summed E-state index contributed by atoms with van der Waals surface area (Å²) in [5.41, 5.74) is 7.27. The van der Waals surface area contributed by atoms with Crippen molar-refractivity contribution in [3.05, 3.63) is 59.4 Å². The van der Waals surface area contributed by atoms with Crippen LogP contribution < -0.4 is 10.3 Å². The van der Waals surface area contributed by atoms with Crippen LogP contribution in [0.15, 0.2) is 47.6 Å². The van der Waals surface area contributed by atoms with Gasteiger partial charge in [-0.3, -0.25) is 5.43 Å². The van der Waals surface area contributed by atoms with Crippen LogP contribution in [0.25, 0.3) is 6.08 Å². The minimum absolute atomic E-state index is 0.0594. The van der Waals surface area contributed by atoms with E-state index in [1.807, 2.05) is 51.1 Å². The Labute approximate surface area is 160 Å². The van der Waals surface area contributed by atoms with E-state index in [1.165, 1.54) is 0 Å². The second kappa shape index (κ2) is 8.22. The number of aromatic nitrogens is 1. The molecule has 2 aliphatic rings. The Kier molecular flexibility index (Phi) is 5.76. The first-order valence-corrected chi connectivity index (χ1v) is 9.10. The minimum atomic E-state index is -0.325. The van der Waals surface area contributed by atoms with E-state index in [9.17, 15) is 4.79 Å². The van der Waals surface area contributed by atoms with E-state index < -0.39 is 0 Å². The van der Waals surface area contributed by atoms with Crippen molar-refractivity contribution in [1.29, 1.82) is 0 Å². The summed E-state index contributed by atoms with van der Waals surface area (Å²) in [7, 11) is 1.68. The van der Waals surface area contributed by atoms with E-state index in [0.29, 0.717) is 0 Å². The normalized spacial score (nSPS) is 17.9. The van der Waals surface area contributed by atoms with Crippen molar-refractivity contribution in [3.63, 3.8) is 0 Å². The molecule has 2 unspecified atom stereocenters. The van der Waals surface area contributed by atoms with Gasteiger partial charge in [-0.15, -0.1) is 0 Å². The van der Waals surface area contributed by atoms with E-state index in [4.69, 9.17) is 0 Å². The Morgan fingerprint density at radius 3 is 2.63 bits per heavy atom. The van der Waals surface area contributed by atoms with Gasteiger partial charge in [0.1, 0.15) is 24.3 Å². The molecule has 3 heterocycles. The lowest BCUT2D eigenvalue weighted by Gasteiger charge is -2.28. The summed E-state index contributed by atoms with van der Waals surface area (Å²) in [5, 5.41) is 4.30. The summed E-state index contributed by atoms with van der Waals surface area (Å²) >= 11 is 0. The average molecular weight is 366 g/mol. The van der Waals surface area contributed by atoms with Gasteiger partial charge in [-0.05, 0) is 44.6 Å². The molecule has 0 amide bonds. The highest BCUT2D eigenvalue weighted by Crippen LogP contribution is 2.36. The number of hydrazone groups is 1. The van der Waals surface area contributed by atoms with E-state index in [2.05, 4.69) is 42.9 Å². The molecular weight excluding hydrogens is 340 g/mol. The maximum Gasteiger partial charge on any atom is 0.147 e. The monoisotopic (exact) mass is 366 g/mol. The van der Waals surface area contributed by atoms with E-state index in [1.54, 1.807) is 7.11 Å². The first-order valence-electron chi connectivity index (χ1n) is 9.10. The smallest absolute Gasteiger partial charge is 0.147 e. The maximum absolute atomic E-state index is 11.8. The number of aryl methyl sites for hydroxylation is 1. The van der Waals surface area contributed by atoms with Crippen LogP contribution in [0.5, 0.6) is 0 Å². The number of rotatable bonds is 4. The molecule has 0 aliphatic carbocycles. The maximum atomic E-state index is 11.8. The van der Waals surface area contributed by atoms with Crippen LogP contribution >= 0.6 is 0 Å². The van der Waals surface area contributed by atoms with Crippen LogP contribution in [0.2, 0.25) is 0 Å². The summed E-state index contributed by atoms with van der Waals surface area (Å²) in [6.07, 6.45) is 5.21. The number of amidine groups is 1. The molecule has 6 heteroatoms. The van der Waals surface area contributed by atoms with Crippen molar-refractivity contribution in [2.75, 3.05) is 18.6 Å². The third kappa shape index (κ3) is 3.53. The SMILES string of the molecule is CC1=NNC2C=Cc3c(cc(C)n3C(C=O)c3ccccc3)N12.CCOC. The molecule has 0 spiro atoms. The molecule has 27 heavy (non-hydrogen) atoms. The molecule has 0 saturated heterocycles. The molecule has 2 aliphatic heterocycles. The van der Waals surface area contributed by atoms with Crippen molar-refractivity contribution >= 4 is 23.9 Å². The topological polar surface area (TPSA) is 58.9 Å². The number of methoxy groups -OCH3 is 1. The van der Waals surface area contributed by atoms with E-state index in [-0.39, 0.29) is 12.2 Å². The molecule has 2 atom stereocenters. The van der Waals surface area contributed by atoms with Gasteiger partial charge >= 0.3 is 0 Å². The van der Waals surface area contributed by atoms with Crippen LogP contribution in [0, 0.1) is 6.92 Å². The fourth-order valence-electron chi connectivity index (χ4n) is 3.43. The number of nitrogens with zero attached hydrogens (tertiary/aromatic N) is 3. The quantitative estimate of drug-likeness (QED) is 0.843. The van der Waals surface area contributed by atoms with Crippen molar-refractivity contribution in [3.8, 4) is 0 Å². The largest absolute Gasteiger partial charge is 0.385 e. The second-order valence-corrected chi connectivity index (χ2v) is 6.46. The van der Waals surface area contributed by atoms with Crippen LogP contribution in [0.3, 0.4) is 0 Å². The van der Waals surface area contributed by atoms with Gasteiger partial charge in [0, 0.05) is 19.4 Å². The van der Waals surface area contributed by atoms with E-state index >= 15 is 0 Å². The Balaban J connectivity index is 0.000000481. The number of anilines is 1. The lowest BCUT2D eigenvalue weighted by Crippen LogP contribution is -2.39. The standard InChI is InChI=1S/C18H18N4O.C3H8O/c1-12-10-16-15(8-9-18-20-19-13(2)22(16)18)21(12)17(11-23)14-6-4-3-5-7-14;1-3-4-2/h3-11,17-18,20H,1-2H3;3H2,1-2H3. The molecule has 1 aromatic heterocycles. The Morgan fingerprint density at radius 2 is 2.00 bits per heavy atom. The molecule has 2 aromatic rings. The number of ether oxygens (including phenoxy) is 1. The van der Waals surface area contributed by atoms with Crippen molar-refractivity contribution in [1.82, 2.24) is 9.99 Å². The number of aldehydes is 1. The van der Waals surface area contributed by atoms with Crippen molar-refractivity contribution < 1.29 is 9.53 Å². The van der Waals surface area contributed by atoms with Gasteiger partial charge < -0.3 is 19.0 Å². The third-order valence-electron chi connectivity index (χ3n) is 4.77. The number of hydrogen-bond donors (Lipinski definition) is 1. The predicted molar refractivity (Wildman–Crippen MR) is 109 cm³/mol. The summed E-state index contributed by atoms with van der Waals surface area (Å²) in [6, 6.07) is 11.7. The fraction of sp³-hybridized carbons (Fsp3) is 0.333. The molecule has 0 saturated carbocycles. The molecule has 0 fully saturated rings. The number of carbonyl (C=O) groups is 1. The zero-order valence-corrected chi connectivity index (χ0v) is 16.2. The molecule has 0 bridgehead atoms. The van der Waals surface area contributed by atoms with Crippen LogP contribution in [0.1, 0.15) is 36.8 Å². The van der Waals surface area contributed by atoms with Gasteiger partial charge in [-0.1, -0.05) is 30.3 Å². The number of nitrogens with one attached hydrogen (secondary N) is 1. The average Bonchev–Trinajstić information content (AvgIpc) is 3.24. The molecule has 0 radical (unpaired) electrons. The number of hydrogen-bond acceptors (Lipinski definition) is 5. The molecule has 4 rings (SSSR count). The summed E-state index contributed by atoms with van der Waals surface area (Å²) in [6.45, 7) is 6.80. The van der Waals surface area contributed by atoms with Gasteiger partial charge in [0.15, 0.2) is 0 Å². The minimum Gasteiger partial charge on any atom is -0.385 e. The van der Waals surface area contributed by atoms with Crippen LogP contribution in [-0.2, 0) is 9.53 Å². The number of benzene rings is 1. The lowest BCUT2D eigenvalue weighted by atomic mass is 10.1. The molecule has 1 aromatic carbocycles. The highest BCUT2D eigenvalue weighted by molar-refractivity contribution is 6.01. The number of carbonyl (C=O) groups excluding carboxylic acids is 1.